The number of ether oxygens (including phenoxy) is 1. The molecule has 2 aromatic carbocycles. The van der Waals surface area contributed by atoms with Crippen LogP contribution in [0.15, 0.2) is 60.7 Å². The molecule has 0 heterocycles. The fourth-order valence-corrected chi connectivity index (χ4v) is 3.11. The molecule has 0 bridgehead atoms. The lowest BCUT2D eigenvalue weighted by atomic mass is 9.99. The van der Waals surface area contributed by atoms with Crippen molar-refractivity contribution in [3.63, 3.8) is 0 Å². The molecular weight excluding hydrogens is 437 g/mol. The van der Waals surface area contributed by atoms with E-state index in [0.717, 1.165) is 11.1 Å². The smallest absolute Gasteiger partial charge is 0.445 e. The summed E-state index contributed by atoms with van der Waals surface area (Å²) in [6.07, 6.45) is -6.08. The van der Waals surface area contributed by atoms with Crippen LogP contribution in [0.25, 0.3) is 0 Å². The first-order chi connectivity index (χ1) is 15.6. The largest absolute Gasteiger partial charge is 0.452 e. The zero-order chi connectivity index (χ0) is 24.4. The van der Waals surface area contributed by atoms with E-state index in [4.69, 9.17) is 4.74 Å². The highest BCUT2D eigenvalue weighted by Gasteiger charge is 2.44. The molecule has 2 atom stereocenters. The second kappa shape index (κ2) is 12.0. The van der Waals surface area contributed by atoms with E-state index in [2.05, 4.69) is 10.6 Å². The molecule has 9 heteroatoms. The van der Waals surface area contributed by atoms with Gasteiger partial charge in [-0.15, -0.1) is 0 Å². The second-order valence-corrected chi connectivity index (χ2v) is 7.88. The van der Waals surface area contributed by atoms with Crippen molar-refractivity contribution in [2.24, 2.45) is 5.92 Å². The maximum atomic E-state index is 13.1. The van der Waals surface area contributed by atoms with Gasteiger partial charge < -0.3 is 15.4 Å². The Morgan fingerprint density at radius 3 is 1.94 bits per heavy atom. The molecule has 2 rings (SSSR count). The van der Waals surface area contributed by atoms with Gasteiger partial charge in [-0.2, -0.15) is 13.2 Å². The summed E-state index contributed by atoms with van der Waals surface area (Å²) in [7, 11) is 0. The number of benzene rings is 2. The fourth-order valence-electron chi connectivity index (χ4n) is 3.11. The summed E-state index contributed by atoms with van der Waals surface area (Å²) in [6, 6.07) is 14.6. The van der Waals surface area contributed by atoms with Gasteiger partial charge in [0, 0.05) is 0 Å². The summed E-state index contributed by atoms with van der Waals surface area (Å²) < 4.78 is 44.4. The van der Waals surface area contributed by atoms with Crippen LogP contribution in [0.3, 0.4) is 0 Å². The van der Waals surface area contributed by atoms with Crippen molar-refractivity contribution in [2.45, 2.75) is 51.6 Å². The molecule has 1 unspecified atom stereocenters. The molecule has 6 nitrogen and oxygen atoms in total. The zero-order valence-corrected chi connectivity index (χ0v) is 18.4. The molecular formula is C24H27F3N2O4. The predicted octanol–water partition coefficient (Wildman–Crippen LogP) is 4.19. The van der Waals surface area contributed by atoms with Crippen molar-refractivity contribution in [3.05, 3.63) is 71.8 Å². The number of carbonyl (C=O) groups excluding carboxylic acids is 3. The summed E-state index contributed by atoms with van der Waals surface area (Å²) in [5.41, 5.74) is 1.46. The molecule has 178 valence electrons. The van der Waals surface area contributed by atoms with Crippen molar-refractivity contribution in [2.75, 3.05) is 0 Å². The Morgan fingerprint density at radius 1 is 0.879 bits per heavy atom. The highest BCUT2D eigenvalue weighted by Crippen LogP contribution is 2.20. The first kappa shape index (κ1) is 25.9. The number of aryl methyl sites for hydroxylation is 1. The molecule has 0 aliphatic rings. The predicted molar refractivity (Wildman–Crippen MR) is 116 cm³/mol. The van der Waals surface area contributed by atoms with Crippen molar-refractivity contribution in [1.29, 1.82) is 0 Å². The molecule has 0 fully saturated rings. The number of hydrogen-bond donors (Lipinski definition) is 2. The standard InChI is InChI=1S/C24H27F3N2O4/c1-16(2)20(29-23(32)33-15-18-11-7-4-8-12-18)22(31)28-19(21(30)24(25,26)27)14-13-17-9-5-3-6-10-17/h3-12,16,19-20H,13-15H2,1-2H3,(H,28,31)(H,29,32)/t19?,20-/m0/s1. The van der Waals surface area contributed by atoms with Gasteiger partial charge in [-0.3, -0.25) is 9.59 Å². The number of ketones is 1. The average molecular weight is 464 g/mol. The molecule has 2 amide bonds. The molecule has 2 aromatic rings. The Kier molecular flexibility index (Phi) is 9.44. The molecule has 0 radical (unpaired) electrons. The molecule has 2 N–H and O–H groups in total. The minimum Gasteiger partial charge on any atom is -0.445 e. The van der Waals surface area contributed by atoms with Crippen molar-refractivity contribution < 1.29 is 32.3 Å². The Balaban J connectivity index is 2.04. The van der Waals surface area contributed by atoms with Crippen LogP contribution in [0.5, 0.6) is 0 Å². The van der Waals surface area contributed by atoms with E-state index in [1.165, 1.54) is 0 Å². The monoisotopic (exact) mass is 464 g/mol. The Bertz CT molecular complexity index is 918. The summed E-state index contributed by atoms with van der Waals surface area (Å²) in [5.74, 6) is -3.40. The SMILES string of the molecule is CC(C)[C@H](NC(=O)OCc1ccccc1)C(=O)NC(CCc1ccccc1)C(=O)C(F)(F)F. The van der Waals surface area contributed by atoms with Crippen molar-refractivity contribution in [1.82, 2.24) is 10.6 Å². The maximum Gasteiger partial charge on any atom is 0.452 e. The molecule has 0 aliphatic carbocycles. The van der Waals surface area contributed by atoms with Gasteiger partial charge in [0.25, 0.3) is 5.78 Å². The van der Waals surface area contributed by atoms with Crippen LogP contribution in [0.1, 0.15) is 31.4 Å². The van der Waals surface area contributed by atoms with Crippen molar-refractivity contribution in [3.8, 4) is 0 Å². The first-order valence-corrected chi connectivity index (χ1v) is 10.5. The number of alkyl halides is 3. The number of Topliss-reactive ketones (excluding diaryl/α,β-unsaturated/α-hetero) is 1. The van der Waals surface area contributed by atoms with Crippen LogP contribution in [0, 0.1) is 5.92 Å². The van der Waals surface area contributed by atoms with E-state index < -0.39 is 42.0 Å². The van der Waals surface area contributed by atoms with Gasteiger partial charge in [-0.05, 0) is 29.9 Å². The Labute approximate surface area is 190 Å². The number of rotatable bonds is 10. The van der Waals surface area contributed by atoms with Crippen LogP contribution in [-0.2, 0) is 27.4 Å². The first-order valence-electron chi connectivity index (χ1n) is 10.5. The summed E-state index contributed by atoms with van der Waals surface area (Å²) in [6.45, 7) is 3.20. The van der Waals surface area contributed by atoms with Crippen LogP contribution >= 0.6 is 0 Å². The minimum absolute atomic E-state index is 0.0363. The van der Waals surface area contributed by atoms with E-state index in [9.17, 15) is 27.6 Å². The Hall–Kier alpha value is -3.36. The topological polar surface area (TPSA) is 84.5 Å². The second-order valence-electron chi connectivity index (χ2n) is 7.88. The lowest BCUT2D eigenvalue weighted by Crippen LogP contribution is -2.55. The van der Waals surface area contributed by atoms with Crippen LogP contribution in [0.2, 0.25) is 0 Å². The third-order valence-electron chi connectivity index (χ3n) is 4.91. The maximum absolute atomic E-state index is 13.1. The van der Waals surface area contributed by atoms with E-state index in [-0.39, 0.29) is 19.4 Å². The quantitative estimate of drug-likeness (QED) is 0.552. The third-order valence-corrected chi connectivity index (χ3v) is 4.91. The lowest BCUT2D eigenvalue weighted by molar-refractivity contribution is -0.174. The van der Waals surface area contributed by atoms with Gasteiger partial charge in [0.2, 0.25) is 5.91 Å². The highest BCUT2D eigenvalue weighted by molar-refractivity contribution is 5.94. The highest BCUT2D eigenvalue weighted by atomic mass is 19.4. The van der Waals surface area contributed by atoms with Gasteiger partial charge in [0.05, 0.1) is 6.04 Å². The van der Waals surface area contributed by atoms with Gasteiger partial charge in [-0.25, -0.2) is 4.79 Å². The summed E-state index contributed by atoms with van der Waals surface area (Å²) in [4.78, 5) is 36.9. The molecule has 33 heavy (non-hydrogen) atoms. The van der Waals surface area contributed by atoms with Crippen LogP contribution in [0.4, 0.5) is 18.0 Å². The minimum atomic E-state index is -5.11. The van der Waals surface area contributed by atoms with Crippen molar-refractivity contribution >= 4 is 17.8 Å². The molecule has 0 spiro atoms. The molecule has 0 aliphatic heterocycles. The number of carbonyl (C=O) groups is 3. The normalized spacial score (nSPS) is 13.2. The average Bonchev–Trinajstić information content (AvgIpc) is 2.78. The van der Waals surface area contributed by atoms with Crippen LogP contribution in [-0.4, -0.2) is 36.0 Å². The third kappa shape index (κ3) is 8.59. The van der Waals surface area contributed by atoms with Crippen LogP contribution < -0.4 is 10.6 Å². The molecule has 0 saturated carbocycles. The van der Waals surface area contributed by atoms with E-state index in [0.29, 0.717) is 0 Å². The Morgan fingerprint density at radius 2 is 1.42 bits per heavy atom. The number of nitrogens with one attached hydrogen (secondary N) is 2. The number of alkyl carbamates (subject to hydrolysis) is 1. The molecule has 0 aromatic heterocycles. The zero-order valence-electron chi connectivity index (χ0n) is 18.4. The summed E-state index contributed by atoms with van der Waals surface area (Å²) >= 11 is 0. The number of hydrogen-bond acceptors (Lipinski definition) is 4. The number of halogens is 3. The van der Waals surface area contributed by atoms with E-state index >= 15 is 0 Å². The van der Waals surface area contributed by atoms with Gasteiger partial charge in [-0.1, -0.05) is 74.5 Å². The van der Waals surface area contributed by atoms with Gasteiger partial charge in [0.1, 0.15) is 12.6 Å². The van der Waals surface area contributed by atoms with Gasteiger partial charge >= 0.3 is 12.3 Å². The fraction of sp³-hybridized carbons (Fsp3) is 0.375. The summed E-state index contributed by atoms with van der Waals surface area (Å²) in [5, 5.41) is 4.55. The van der Waals surface area contributed by atoms with Gasteiger partial charge in [0.15, 0.2) is 0 Å². The van der Waals surface area contributed by atoms with E-state index in [1.54, 1.807) is 74.5 Å². The van der Waals surface area contributed by atoms with E-state index in [1.807, 2.05) is 0 Å². The molecule has 0 saturated heterocycles. The lowest BCUT2D eigenvalue weighted by Gasteiger charge is -2.25. The number of amides is 2.